The van der Waals surface area contributed by atoms with Gasteiger partial charge in [0.15, 0.2) is 0 Å². The zero-order valence-electron chi connectivity index (χ0n) is 17.8. The first kappa shape index (κ1) is 21.7. The Labute approximate surface area is 183 Å². The van der Waals surface area contributed by atoms with Gasteiger partial charge in [-0.05, 0) is 72.0 Å². The number of hydrogen-bond donors (Lipinski definition) is 1. The van der Waals surface area contributed by atoms with Crippen LogP contribution in [0, 0.1) is 11.3 Å². The van der Waals surface area contributed by atoms with Gasteiger partial charge in [0.05, 0.1) is 5.57 Å². The Bertz CT molecular complexity index is 1090. The summed E-state index contributed by atoms with van der Waals surface area (Å²) in [6, 6.07) is 19.6. The van der Waals surface area contributed by atoms with Gasteiger partial charge < -0.3 is 10.6 Å². The minimum Gasteiger partial charge on any atom is -0.398 e. The first-order valence-electron chi connectivity index (χ1n) is 10.6. The fourth-order valence-electron chi connectivity index (χ4n) is 3.66. The normalized spacial score (nSPS) is 14.0. The third-order valence-electron chi connectivity index (χ3n) is 5.21. The lowest BCUT2D eigenvalue weighted by molar-refractivity contribution is 0.578. The number of nitrogens with zero attached hydrogens (tertiary/aromatic N) is 2. The molecule has 2 aromatic carbocycles. The quantitative estimate of drug-likeness (QED) is 0.370. The lowest BCUT2D eigenvalue weighted by Gasteiger charge is -2.29. The van der Waals surface area contributed by atoms with Crippen molar-refractivity contribution in [3.63, 3.8) is 0 Å². The molecule has 1 aromatic heterocycles. The zero-order chi connectivity index (χ0) is 21.5. The van der Waals surface area contributed by atoms with Crippen LogP contribution in [0.1, 0.15) is 38.0 Å². The molecule has 0 aliphatic carbocycles. The summed E-state index contributed by atoms with van der Waals surface area (Å²) in [4.78, 5) is 4.67. The molecule has 30 heavy (non-hydrogen) atoms. The van der Waals surface area contributed by atoms with Crippen molar-refractivity contribution in [1.29, 1.82) is 5.26 Å². The average molecular weight is 416 g/mol. The van der Waals surface area contributed by atoms with Crippen LogP contribution in [0.2, 0.25) is 0 Å². The van der Waals surface area contributed by atoms with E-state index < -0.39 is 0 Å². The first-order valence-corrected chi connectivity index (χ1v) is 11.4. The van der Waals surface area contributed by atoms with Crippen LogP contribution in [0.3, 0.4) is 0 Å². The van der Waals surface area contributed by atoms with Gasteiger partial charge >= 0.3 is 0 Å². The number of benzene rings is 2. The van der Waals surface area contributed by atoms with E-state index in [1.165, 1.54) is 46.2 Å². The van der Waals surface area contributed by atoms with Crippen LogP contribution in [0.5, 0.6) is 0 Å². The molecule has 154 valence electrons. The average Bonchev–Trinajstić information content (AvgIpc) is 3.27. The van der Waals surface area contributed by atoms with Crippen molar-refractivity contribution in [3.05, 3.63) is 71.3 Å². The van der Waals surface area contributed by atoms with E-state index >= 15 is 0 Å². The number of rotatable bonds is 4. The second-order valence-electron chi connectivity index (χ2n) is 7.19. The number of nitrogens with two attached hydrogens (primary N) is 1. The number of nitriles is 1. The molecule has 2 N–H and O–H groups in total. The number of anilines is 1. The second kappa shape index (κ2) is 10.1. The summed E-state index contributed by atoms with van der Waals surface area (Å²) >= 11 is 1.65. The SMILES string of the molecule is C=C(N)/C(C#N)=C/c1ccc(-c2ccc3cc(N4CCCCC4)ccc3c2)s1.CC. The molecule has 0 atom stereocenters. The molecule has 1 aliphatic rings. The first-order chi connectivity index (χ1) is 14.6. The summed E-state index contributed by atoms with van der Waals surface area (Å²) in [7, 11) is 0. The maximum absolute atomic E-state index is 9.16. The Morgan fingerprint density at radius 3 is 2.43 bits per heavy atom. The summed E-state index contributed by atoms with van der Waals surface area (Å²) in [5.74, 6) is 0. The summed E-state index contributed by atoms with van der Waals surface area (Å²) < 4.78 is 0. The van der Waals surface area contributed by atoms with Gasteiger partial charge in [-0.1, -0.05) is 38.6 Å². The van der Waals surface area contributed by atoms with Crippen molar-refractivity contribution in [3.8, 4) is 16.5 Å². The van der Waals surface area contributed by atoms with Gasteiger partial charge in [0.1, 0.15) is 6.07 Å². The number of hydrogen-bond acceptors (Lipinski definition) is 4. The molecule has 4 rings (SSSR count). The highest BCUT2D eigenvalue weighted by Gasteiger charge is 2.11. The predicted molar refractivity (Wildman–Crippen MR) is 132 cm³/mol. The van der Waals surface area contributed by atoms with E-state index in [0.29, 0.717) is 11.3 Å². The largest absolute Gasteiger partial charge is 0.398 e. The van der Waals surface area contributed by atoms with Crippen molar-refractivity contribution in [1.82, 2.24) is 0 Å². The molecule has 2 heterocycles. The van der Waals surface area contributed by atoms with Gasteiger partial charge in [0.2, 0.25) is 0 Å². The number of piperidine rings is 1. The molecule has 3 aromatic rings. The highest BCUT2D eigenvalue weighted by molar-refractivity contribution is 7.16. The fraction of sp³-hybridized carbons (Fsp3) is 0.269. The van der Waals surface area contributed by atoms with Crippen LogP contribution < -0.4 is 10.6 Å². The minimum atomic E-state index is 0.299. The number of fused-ring (bicyclic) bond motifs is 1. The Balaban J connectivity index is 0.00000124. The van der Waals surface area contributed by atoms with Crippen molar-refractivity contribution in [2.24, 2.45) is 5.73 Å². The van der Waals surface area contributed by atoms with E-state index in [1.807, 2.05) is 19.9 Å². The van der Waals surface area contributed by atoms with Crippen LogP contribution in [0.4, 0.5) is 5.69 Å². The minimum absolute atomic E-state index is 0.299. The number of allylic oxidation sites excluding steroid dienone is 1. The molecule has 1 aliphatic heterocycles. The highest BCUT2D eigenvalue weighted by atomic mass is 32.1. The molecule has 0 radical (unpaired) electrons. The van der Waals surface area contributed by atoms with Crippen LogP contribution in [-0.4, -0.2) is 13.1 Å². The van der Waals surface area contributed by atoms with E-state index in [0.717, 1.165) is 18.0 Å². The predicted octanol–water partition coefficient (Wildman–Crippen LogP) is 6.96. The molecule has 1 fully saturated rings. The maximum atomic E-state index is 9.16. The molecule has 4 heteroatoms. The van der Waals surface area contributed by atoms with Crippen LogP contribution in [0.25, 0.3) is 27.3 Å². The van der Waals surface area contributed by atoms with Crippen molar-refractivity contribution >= 4 is 33.9 Å². The van der Waals surface area contributed by atoms with Crippen molar-refractivity contribution < 1.29 is 0 Å². The summed E-state index contributed by atoms with van der Waals surface area (Å²) in [6.45, 7) is 9.97. The molecular weight excluding hydrogens is 386 g/mol. The smallest absolute Gasteiger partial charge is 0.101 e. The lowest BCUT2D eigenvalue weighted by atomic mass is 10.0. The third kappa shape index (κ3) is 4.93. The van der Waals surface area contributed by atoms with Gasteiger partial charge in [-0.2, -0.15) is 5.26 Å². The van der Waals surface area contributed by atoms with E-state index in [4.69, 9.17) is 11.0 Å². The molecular formula is C26H29N3S. The van der Waals surface area contributed by atoms with Gasteiger partial charge in [-0.3, -0.25) is 0 Å². The fourth-order valence-corrected chi connectivity index (χ4v) is 4.61. The maximum Gasteiger partial charge on any atom is 0.101 e. The Kier molecular flexibility index (Phi) is 7.32. The molecule has 1 saturated heterocycles. The molecule has 0 bridgehead atoms. The van der Waals surface area contributed by atoms with E-state index in [-0.39, 0.29) is 0 Å². The molecule has 0 spiro atoms. The standard InChI is InChI=1S/C24H23N3S.C2H6/c1-17(26)21(16-25)15-23-9-10-24(28-23)20-6-5-19-14-22(8-7-18(19)13-20)27-11-3-2-4-12-27;1-2/h5-10,13-15H,1-4,11-12,26H2;1-2H3/b21-15+;. The molecule has 3 nitrogen and oxygen atoms in total. The monoisotopic (exact) mass is 415 g/mol. The summed E-state index contributed by atoms with van der Waals surface area (Å²) in [5, 5.41) is 11.7. The second-order valence-corrected chi connectivity index (χ2v) is 8.31. The van der Waals surface area contributed by atoms with E-state index in [9.17, 15) is 0 Å². The zero-order valence-corrected chi connectivity index (χ0v) is 18.6. The Hall–Kier alpha value is -3.03. The van der Waals surface area contributed by atoms with Gasteiger partial charge in [0, 0.05) is 34.2 Å². The number of thiophene rings is 1. The van der Waals surface area contributed by atoms with Gasteiger partial charge in [-0.15, -0.1) is 11.3 Å². The Morgan fingerprint density at radius 2 is 1.73 bits per heavy atom. The summed E-state index contributed by atoms with van der Waals surface area (Å²) in [6.07, 6.45) is 5.72. The molecule has 0 amide bonds. The molecule has 0 saturated carbocycles. The van der Waals surface area contributed by atoms with Crippen molar-refractivity contribution in [2.75, 3.05) is 18.0 Å². The van der Waals surface area contributed by atoms with Crippen LogP contribution in [-0.2, 0) is 0 Å². The van der Waals surface area contributed by atoms with Crippen molar-refractivity contribution in [2.45, 2.75) is 33.1 Å². The lowest BCUT2D eigenvalue weighted by Crippen LogP contribution is -2.29. The van der Waals surface area contributed by atoms with Gasteiger partial charge in [-0.25, -0.2) is 0 Å². The van der Waals surface area contributed by atoms with Crippen LogP contribution in [0.15, 0.2) is 66.4 Å². The Morgan fingerprint density at radius 1 is 1.03 bits per heavy atom. The summed E-state index contributed by atoms with van der Waals surface area (Å²) in [5.41, 5.74) is 8.89. The van der Waals surface area contributed by atoms with E-state index in [1.54, 1.807) is 17.4 Å². The van der Waals surface area contributed by atoms with Gasteiger partial charge in [0.25, 0.3) is 0 Å². The van der Waals surface area contributed by atoms with E-state index in [2.05, 4.69) is 60.0 Å². The molecule has 0 unspecified atom stereocenters. The topological polar surface area (TPSA) is 53.1 Å². The van der Waals surface area contributed by atoms with Crippen LogP contribution >= 0.6 is 11.3 Å². The highest BCUT2D eigenvalue weighted by Crippen LogP contribution is 2.33. The third-order valence-corrected chi connectivity index (χ3v) is 6.29.